The van der Waals surface area contributed by atoms with Gasteiger partial charge in [0.2, 0.25) is 5.82 Å². The summed E-state index contributed by atoms with van der Waals surface area (Å²) in [5.74, 6) is 1.35. The standard InChI is InChI=1S/C20H17Br2N7/c1-9-16(21)11(3)28(26-9)19-15-13-7-5-6-8-14(13)23-18(15)20(25-24-19)29-12(4)17(22)10(2)27-29/h5-8,23H,1-4H3. The minimum Gasteiger partial charge on any atom is -0.351 e. The van der Waals surface area contributed by atoms with Crippen LogP contribution in [0.25, 0.3) is 33.4 Å². The Bertz CT molecular complexity index is 1420. The molecule has 5 rings (SSSR count). The molecule has 0 aliphatic rings. The summed E-state index contributed by atoms with van der Waals surface area (Å²) in [6, 6.07) is 8.17. The van der Waals surface area contributed by atoms with Crippen molar-refractivity contribution in [3.05, 3.63) is 56.0 Å². The van der Waals surface area contributed by atoms with E-state index in [2.05, 4.69) is 69.4 Å². The molecule has 0 bridgehead atoms. The van der Waals surface area contributed by atoms with E-state index < -0.39 is 0 Å². The Morgan fingerprint density at radius 1 is 0.793 bits per heavy atom. The van der Waals surface area contributed by atoms with Gasteiger partial charge in [0.1, 0.15) is 0 Å². The molecule has 0 amide bonds. The van der Waals surface area contributed by atoms with Gasteiger partial charge in [-0.2, -0.15) is 10.2 Å². The Labute approximate surface area is 183 Å². The van der Waals surface area contributed by atoms with Crippen LogP contribution in [0.15, 0.2) is 33.2 Å². The molecule has 1 aromatic carbocycles. The van der Waals surface area contributed by atoms with Gasteiger partial charge in [0.05, 0.1) is 42.6 Å². The molecule has 4 heterocycles. The number of H-pyrrole nitrogens is 1. The lowest BCUT2D eigenvalue weighted by atomic mass is 10.2. The predicted molar refractivity (Wildman–Crippen MR) is 120 cm³/mol. The van der Waals surface area contributed by atoms with Crippen molar-refractivity contribution in [1.82, 2.24) is 34.7 Å². The van der Waals surface area contributed by atoms with Gasteiger partial charge in [0.15, 0.2) is 5.82 Å². The SMILES string of the molecule is Cc1nn(-c2nnc(-n3nc(C)c(Br)c3C)c3c2[nH]c2ccccc23)c(C)c1Br. The van der Waals surface area contributed by atoms with Crippen LogP contribution in [0.1, 0.15) is 22.8 Å². The second kappa shape index (κ2) is 6.50. The van der Waals surface area contributed by atoms with Crippen molar-refractivity contribution >= 4 is 53.7 Å². The number of nitrogens with one attached hydrogen (secondary N) is 1. The van der Waals surface area contributed by atoms with E-state index in [1.807, 2.05) is 49.2 Å². The lowest BCUT2D eigenvalue weighted by Crippen LogP contribution is -2.09. The fourth-order valence-electron chi connectivity index (χ4n) is 3.69. The third-order valence-electron chi connectivity index (χ3n) is 5.20. The van der Waals surface area contributed by atoms with Crippen LogP contribution in [0.4, 0.5) is 0 Å². The van der Waals surface area contributed by atoms with E-state index in [4.69, 9.17) is 0 Å². The maximum atomic E-state index is 4.68. The summed E-state index contributed by atoms with van der Waals surface area (Å²) in [5, 5.41) is 20.5. The average Bonchev–Trinajstić information content (AvgIpc) is 3.31. The van der Waals surface area contributed by atoms with Crippen LogP contribution in [-0.2, 0) is 0 Å². The van der Waals surface area contributed by atoms with Crippen molar-refractivity contribution in [3.63, 3.8) is 0 Å². The van der Waals surface area contributed by atoms with E-state index in [1.54, 1.807) is 0 Å². The maximum Gasteiger partial charge on any atom is 0.200 e. The summed E-state index contributed by atoms with van der Waals surface area (Å²) < 4.78 is 5.61. The Balaban J connectivity index is 1.92. The van der Waals surface area contributed by atoms with Crippen molar-refractivity contribution in [2.24, 2.45) is 0 Å². The molecule has 29 heavy (non-hydrogen) atoms. The quantitative estimate of drug-likeness (QED) is 0.349. The largest absolute Gasteiger partial charge is 0.351 e. The zero-order chi connectivity index (χ0) is 20.4. The third-order valence-corrected chi connectivity index (χ3v) is 7.50. The van der Waals surface area contributed by atoms with E-state index in [0.717, 1.165) is 53.5 Å². The minimum absolute atomic E-state index is 0.659. The fourth-order valence-corrected chi connectivity index (χ4v) is 4.19. The molecule has 7 nitrogen and oxygen atoms in total. The predicted octanol–water partition coefficient (Wildman–Crippen LogP) is 5.24. The molecule has 4 aromatic heterocycles. The van der Waals surface area contributed by atoms with Gasteiger partial charge in [-0.05, 0) is 65.6 Å². The first-order valence-corrected chi connectivity index (χ1v) is 10.7. The number of halogens is 2. The van der Waals surface area contributed by atoms with Crippen LogP contribution in [0.2, 0.25) is 0 Å². The van der Waals surface area contributed by atoms with E-state index >= 15 is 0 Å². The summed E-state index contributed by atoms with van der Waals surface area (Å²) in [6.07, 6.45) is 0. The lowest BCUT2D eigenvalue weighted by molar-refractivity contribution is 0.756. The molecule has 0 radical (unpaired) electrons. The Morgan fingerprint density at radius 2 is 1.34 bits per heavy atom. The summed E-state index contributed by atoms with van der Waals surface area (Å²) in [6.45, 7) is 7.95. The number of para-hydroxylation sites is 1. The molecule has 5 aromatic rings. The van der Waals surface area contributed by atoms with Gasteiger partial charge in [0.25, 0.3) is 0 Å². The normalized spacial score (nSPS) is 11.8. The zero-order valence-electron chi connectivity index (χ0n) is 16.2. The minimum atomic E-state index is 0.659. The van der Waals surface area contributed by atoms with Crippen LogP contribution in [0.3, 0.4) is 0 Å². The smallest absolute Gasteiger partial charge is 0.200 e. The van der Waals surface area contributed by atoms with Gasteiger partial charge in [-0.1, -0.05) is 18.2 Å². The van der Waals surface area contributed by atoms with Crippen molar-refractivity contribution in [3.8, 4) is 11.6 Å². The Hall–Kier alpha value is -2.52. The Kier molecular flexibility index (Phi) is 4.15. The molecule has 0 unspecified atom stereocenters. The fraction of sp³-hybridized carbons (Fsp3) is 0.200. The van der Waals surface area contributed by atoms with Gasteiger partial charge in [-0.25, -0.2) is 9.36 Å². The average molecular weight is 515 g/mol. The molecule has 0 saturated carbocycles. The second-order valence-electron chi connectivity index (χ2n) is 7.06. The second-order valence-corrected chi connectivity index (χ2v) is 8.65. The van der Waals surface area contributed by atoms with E-state index in [9.17, 15) is 0 Å². The van der Waals surface area contributed by atoms with Crippen LogP contribution in [-0.4, -0.2) is 34.7 Å². The molecular formula is C20H17Br2N7. The van der Waals surface area contributed by atoms with Gasteiger partial charge < -0.3 is 4.98 Å². The Morgan fingerprint density at radius 3 is 1.93 bits per heavy atom. The number of hydrogen-bond acceptors (Lipinski definition) is 4. The van der Waals surface area contributed by atoms with E-state index in [1.165, 1.54) is 0 Å². The molecule has 1 N–H and O–H groups in total. The molecule has 0 saturated heterocycles. The summed E-state index contributed by atoms with van der Waals surface area (Å²) in [5.41, 5.74) is 5.64. The van der Waals surface area contributed by atoms with Crippen LogP contribution < -0.4 is 0 Å². The maximum absolute atomic E-state index is 4.68. The highest BCUT2D eigenvalue weighted by Gasteiger charge is 2.22. The first-order chi connectivity index (χ1) is 13.9. The van der Waals surface area contributed by atoms with Gasteiger partial charge >= 0.3 is 0 Å². The van der Waals surface area contributed by atoms with Crippen molar-refractivity contribution in [2.45, 2.75) is 27.7 Å². The number of hydrogen-bond donors (Lipinski definition) is 1. The highest BCUT2D eigenvalue weighted by Crippen LogP contribution is 2.34. The van der Waals surface area contributed by atoms with Gasteiger partial charge in [-0.3, -0.25) is 0 Å². The zero-order valence-corrected chi connectivity index (χ0v) is 19.4. The molecule has 0 atom stereocenters. The topological polar surface area (TPSA) is 77.2 Å². The van der Waals surface area contributed by atoms with Gasteiger partial charge in [0, 0.05) is 10.9 Å². The monoisotopic (exact) mass is 513 g/mol. The molecule has 9 heteroatoms. The van der Waals surface area contributed by atoms with Crippen molar-refractivity contribution < 1.29 is 0 Å². The van der Waals surface area contributed by atoms with Crippen LogP contribution in [0, 0.1) is 27.7 Å². The summed E-state index contributed by atoms with van der Waals surface area (Å²) in [4.78, 5) is 3.52. The molecule has 146 valence electrons. The number of aromatic nitrogens is 7. The van der Waals surface area contributed by atoms with E-state index in [0.29, 0.717) is 11.6 Å². The molecule has 0 spiro atoms. The van der Waals surface area contributed by atoms with Crippen molar-refractivity contribution in [2.75, 3.05) is 0 Å². The lowest BCUT2D eigenvalue weighted by Gasteiger charge is -2.09. The third kappa shape index (κ3) is 2.60. The highest BCUT2D eigenvalue weighted by molar-refractivity contribution is 9.10. The molecular weight excluding hydrogens is 498 g/mol. The first-order valence-electron chi connectivity index (χ1n) is 9.09. The van der Waals surface area contributed by atoms with Gasteiger partial charge in [-0.15, -0.1) is 10.2 Å². The van der Waals surface area contributed by atoms with Crippen LogP contribution >= 0.6 is 31.9 Å². The molecule has 0 aliphatic heterocycles. The number of aryl methyl sites for hydroxylation is 2. The number of aromatic amines is 1. The first kappa shape index (κ1) is 18.5. The summed E-state index contributed by atoms with van der Waals surface area (Å²) in [7, 11) is 0. The number of rotatable bonds is 2. The van der Waals surface area contributed by atoms with E-state index in [-0.39, 0.29) is 0 Å². The summed E-state index contributed by atoms with van der Waals surface area (Å²) >= 11 is 7.22. The molecule has 0 fully saturated rings. The number of benzene rings is 1. The van der Waals surface area contributed by atoms with Crippen molar-refractivity contribution in [1.29, 1.82) is 0 Å². The molecule has 0 aliphatic carbocycles. The highest BCUT2D eigenvalue weighted by atomic mass is 79.9. The van der Waals surface area contributed by atoms with Crippen LogP contribution in [0.5, 0.6) is 0 Å². The number of nitrogens with zero attached hydrogens (tertiary/aromatic N) is 6. The number of fused-ring (bicyclic) bond motifs is 3.